The van der Waals surface area contributed by atoms with Crippen LogP contribution in [0.5, 0.6) is 0 Å². The number of ketones is 1. The summed E-state index contributed by atoms with van der Waals surface area (Å²) in [7, 11) is 0. The fourth-order valence-corrected chi connectivity index (χ4v) is 2.10. The molecule has 5 heteroatoms. The minimum Gasteiger partial charge on any atom is -0.339 e. The van der Waals surface area contributed by atoms with Crippen LogP contribution in [-0.4, -0.2) is 39.6 Å². The quantitative estimate of drug-likeness (QED) is 0.789. The van der Waals surface area contributed by atoms with Crippen molar-refractivity contribution >= 4 is 11.7 Å². The smallest absolute Gasteiger partial charge is 0.256 e. The van der Waals surface area contributed by atoms with E-state index in [1.807, 2.05) is 13.8 Å². The summed E-state index contributed by atoms with van der Waals surface area (Å²) in [6.07, 6.45) is 6.06. The molecule has 0 aliphatic carbocycles. The summed E-state index contributed by atoms with van der Waals surface area (Å²) in [5.41, 5.74) is 1.14. The molecule has 0 aliphatic rings. The molecule has 0 bridgehead atoms. The molecule has 2 aromatic heterocycles. The van der Waals surface area contributed by atoms with Gasteiger partial charge in [0.2, 0.25) is 0 Å². The maximum atomic E-state index is 12.5. The molecule has 2 heterocycles. The van der Waals surface area contributed by atoms with Gasteiger partial charge in [0.25, 0.3) is 5.91 Å². The number of rotatable bonds is 5. The SMILES string of the molecule is CCN(CC)C(=O)c1cnccc1C(=O)c1cccnc1. The molecule has 0 spiro atoms. The van der Waals surface area contributed by atoms with Crippen LogP contribution in [0.15, 0.2) is 43.0 Å². The second-order valence-electron chi connectivity index (χ2n) is 4.47. The van der Waals surface area contributed by atoms with Crippen LogP contribution in [0.3, 0.4) is 0 Å². The largest absolute Gasteiger partial charge is 0.339 e. The molecule has 0 saturated heterocycles. The van der Waals surface area contributed by atoms with Crippen LogP contribution >= 0.6 is 0 Å². The van der Waals surface area contributed by atoms with Gasteiger partial charge in [-0.2, -0.15) is 0 Å². The van der Waals surface area contributed by atoms with E-state index in [4.69, 9.17) is 0 Å². The van der Waals surface area contributed by atoms with Gasteiger partial charge in [0.15, 0.2) is 5.78 Å². The van der Waals surface area contributed by atoms with Crippen LogP contribution < -0.4 is 0 Å². The third-order valence-electron chi connectivity index (χ3n) is 3.27. The van der Waals surface area contributed by atoms with Crippen molar-refractivity contribution in [3.8, 4) is 0 Å². The third kappa shape index (κ3) is 3.13. The second kappa shape index (κ2) is 6.74. The topological polar surface area (TPSA) is 63.2 Å². The van der Waals surface area contributed by atoms with Crippen molar-refractivity contribution in [3.63, 3.8) is 0 Å². The molecule has 0 unspecified atom stereocenters. The maximum absolute atomic E-state index is 12.5. The Labute approximate surface area is 123 Å². The highest BCUT2D eigenvalue weighted by molar-refractivity contribution is 6.15. The molecular weight excluding hydrogens is 266 g/mol. The van der Waals surface area contributed by atoms with Crippen molar-refractivity contribution in [2.24, 2.45) is 0 Å². The molecule has 0 aliphatic heterocycles. The zero-order valence-corrected chi connectivity index (χ0v) is 12.1. The Hall–Kier alpha value is -2.56. The van der Waals surface area contributed by atoms with E-state index < -0.39 is 0 Å². The highest BCUT2D eigenvalue weighted by atomic mass is 16.2. The number of nitrogens with zero attached hydrogens (tertiary/aromatic N) is 3. The molecule has 2 aromatic rings. The molecule has 108 valence electrons. The standard InChI is InChI=1S/C16H17N3O2/c1-3-19(4-2)16(21)14-11-18-9-7-13(14)15(20)12-6-5-8-17-10-12/h5-11H,3-4H2,1-2H3. The molecule has 0 fully saturated rings. The maximum Gasteiger partial charge on any atom is 0.256 e. The lowest BCUT2D eigenvalue weighted by Gasteiger charge is -2.19. The van der Waals surface area contributed by atoms with Gasteiger partial charge in [0, 0.05) is 49.0 Å². The van der Waals surface area contributed by atoms with Gasteiger partial charge in [-0.15, -0.1) is 0 Å². The van der Waals surface area contributed by atoms with Crippen LogP contribution in [0.25, 0.3) is 0 Å². The number of pyridine rings is 2. The molecule has 0 saturated carbocycles. The summed E-state index contributed by atoms with van der Waals surface area (Å²) in [4.78, 5) is 34.6. The van der Waals surface area contributed by atoms with Gasteiger partial charge < -0.3 is 4.90 Å². The normalized spacial score (nSPS) is 10.2. The third-order valence-corrected chi connectivity index (χ3v) is 3.27. The number of hydrogen-bond donors (Lipinski definition) is 0. The Kier molecular flexibility index (Phi) is 4.77. The summed E-state index contributed by atoms with van der Waals surface area (Å²) in [5, 5.41) is 0. The van der Waals surface area contributed by atoms with Crippen molar-refractivity contribution in [1.82, 2.24) is 14.9 Å². The molecule has 21 heavy (non-hydrogen) atoms. The Bertz CT molecular complexity index is 637. The zero-order valence-electron chi connectivity index (χ0n) is 12.1. The van der Waals surface area contributed by atoms with Crippen LogP contribution in [0.1, 0.15) is 40.1 Å². The summed E-state index contributed by atoms with van der Waals surface area (Å²) in [6.45, 7) is 4.98. The highest BCUT2D eigenvalue weighted by Crippen LogP contribution is 2.15. The first-order chi connectivity index (χ1) is 10.2. The Morgan fingerprint density at radius 3 is 2.33 bits per heavy atom. The molecule has 1 amide bonds. The van der Waals surface area contributed by atoms with Crippen molar-refractivity contribution < 1.29 is 9.59 Å². The monoisotopic (exact) mass is 283 g/mol. The van der Waals surface area contributed by atoms with Crippen LogP contribution in [0.2, 0.25) is 0 Å². The minimum atomic E-state index is -0.221. The van der Waals surface area contributed by atoms with Crippen molar-refractivity contribution in [3.05, 3.63) is 59.7 Å². The Balaban J connectivity index is 2.42. The predicted molar refractivity (Wildman–Crippen MR) is 79.2 cm³/mol. The lowest BCUT2D eigenvalue weighted by molar-refractivity contribution is 0.0768. The molecule has 0 radical (unpaired) electrons. The van der Waals surface area contributed by atoms with Gasteiger partial charge in [-0.05, 0) is 32.0 Å². The van der Waals surface area contributed by atoms with Crippen LogP contribution in [0.4, 0.5) is 0 Å². The fraction of sp³-hybridized carbons (Fsp3) is 0.250. The van der Waals surface area contributed by atoms with Crippen LogP contribution in [-0.2, 0) is 0 Å². The van der Waals surface area contributed by atoms with Gasteiger partial charge in [0.1, 0.15) is 0 Å². The van der Waals surface area contributed by atoms with Gasteiger partial charge in [0.05, 0.1) is 5.56 Å². The number of hydrogen-bond acceptors (Lipinski definition) is 4. The predicted octanol–water partition coefficient (Wildman–Crippen LogP) is 2.19. The Morgan fingerprint density at radius 1 is 1.00 bits per heavy atom. The van der Waals surface area contributed by atoms with Gasteiger partial charge in [-0.3, -0.25) is 19.6 Å². The van der Waals surface area contributed by atoms with Crippen molar-refractivity contribution in [2.45, 2.75) is 13.8 Å². The first-order valence-corrected chi connectivity index (χ1v) is 6.87. The first-order valence-electron chi connectivity index (χ1n) is 6.87. The number of carbonyl (C=O) groups excluding carboxylic acids is 2. The second-order valence-corrected chi connectivity index (χ2v) is 4.47. The average molecular weight is 283 g/mol. The first kappa shape index (κ1) is 14.8. The lowest BCUT2D eigenvalue weighted by atomic mass is 10.0. The summed E-state index contributed by atoms with van der Waals surface area (Å²) in [6, 6.07) is 4.95. The van der Waals surface area contributed by atoms with E-state index in [1.54, 1.807) is 29.3 Å². The van der Waals surface area contributed by atoms with Crippen molar-refractivity contribution in [1.29, 1.82) is 0 Å². The molecule has 5 nitrogen and oxygen atoms in total. The molecule has 0 atom stereocenters. The van der Waals surface area contributed by atoms with E-state index in [0.29, 0.717) is 29.8 Å². The van der Waals surface area contributed by atoms with E-state index in [2.05, 4.69) is 9.97 Å². The number of amides is 1. The molecule has 0 aromatic carbocycles. The highest BCUT2D eigenvalue weighted by Gasteiger charge is 2.21. The van der Waals surface area contributed by atoms with Gasteiger partial charge in [-0.1, -0.05) is 0 Å². The summed E-state index contributed by atoms with van der Waals surface area (Å²) >= 11 is 0. The average Bonchev–Trinajstić information content (AvgIpc) is 2.56. The fourth-order valence-electron chi connectivity index (χ4n) is 2.10. The van der Waals surface area contributed by atoms with Gasteiger partial charge in [-0.25, -0.2) is 0 Å². The minimum absolute atomic E-state index is 0.180. The lowest BCUT2D eigenvalue weighted by Crippen LogP contribution is -2.31. The van der Waals surface area contributed by atoms with Crippen LogP contribution in [0, 0.1) is 0 Å². The van der Waals surface area contributed by atoms with Crippen molar-refractivity contribution in [2.75, 3.05) is 13.1 Å². The summed E-state index contributed by atoms with van der Waals surface area (Å²) in [5.74, 6) is -0.402. The zero-order chi connectivity index (χ0) is 15.2. The van der Waals surface area contributed by atoms with E-state index in [9.17, 15) is 9.59 Å². The number of aromatic nitrogens is 2. The molecule has 0 N–H and O–H groups in total. The Morgan fingerprint density at radius 2 is 1.71 bits per heavy atom. The van der Waals surface area contributed by atoms with E-state index >= 15 is 0 Å². The molecular formula is C16H17N3O2. The van der Waals surface area contributed by atoms with E-state index in [-0.39, 0.29) is 11.7 Å². The van der Waals surface area contributed by atoms with E-state index in [0.717, 1.165) is 0 Å². The summed E-state index contributed by atoms with van der Waals surface area (Å²) < 4.78 is 0. The molecule has 2 rings (SSSR count). The number of carbonyl (C=O) groups is 2. The van der Waals surface area contributed by atoms with Gasteiger partial charge >= 0.3 is 0 Å². The van der Waals surface area contributed by atoms with E-state index in [1.165, 1.54) is 18.6 Å².